The summed E-state index contributed by atoms with van der Waals surface area (Å²) in [6.07, 6.45) is 3.38. The summed E-state index contributed by atoms with van der Waals surface area (Å²) in [6.45, 7) is 3.10. The van der Waals surface area contributed by atoms with E-state index in [-0.39, 0.29) is 29.7 Å². The fourth-order valence-corrected chi connectivity index (χ4v) is 6.07. The Morgan fingerprint density at radius 2 is 2.10 bits per heavy atom. The van der Waals surface area contributed by atoms with Crippen molar-refractivity contribution in [1.29, 1.82) is 5.26 Å². The van der Waals surface area contributed by atoms with Crippen molar-refractivity contribution in [2.45, 2.75) is 26.0 Å². The number of nitrogens with zero attached hydrogens (tertiary/aromatic N) is 6. The molecule has 0 spiro atoms. The normalized spacial score (nSPS) is 15.2. The third-order valence-electron chi connectivity index (χ3n) is 6.89. The van der Waals surface area contributed by atoms with Gasteiger partial charge in [0.05, 0.1) is 40.0 Å². The molecule has 11 heteroatoms. The second-order valence-corrected chi connectivity index (χ2v) is 10.7. The highest BCUT2D eigenvalue weighted by Crippen LogP contribution is 2.38. The Hall–Kier alpha value is -4.04. The van der Waals surface area contributed by atoms with Gasteiger partial charge in [-0.2, -0.15) is 5.26 Å². The number of pyridine rings is 2. The molecule has 1 aliphatic heterocycles. The molecule has 5 aromatic rings. The second kappa shape index (κ2) is 10.3. The van der Waals surface area contributed by atoms with Crippen molar-refractivity contribution in [3.8, 4) is 22.9 Å². The van der Waals surface area contributed by atoms with Crippen molar-refractivity contribution in [1.82, 2.24) is 19.5 Å². The van der Waals surface area contributed by atoms with Gasteiger partial charge in [-0.25, -0.2) is 9.97 Å². The average Bonchev–Trinajstić information content (AvgIpc) is 3.59. The fourth-order valence-electron chi connectivity index (χ4n) is 5.02. The number of anilines is 1. The smallest absolute Gasteiger partial charge is 0.263 e. The number of β-amino-alcohol motifs (C(OH)–C–C–N with tert-alkyl or cyclic N) is 1. The van der Waals surface area contributed by atoms with E-state index in [0.717, 1.165) is 21.3 Å². The number of aliphatic hydroxyl groups excluding tert-OH is 1. The first kappa shape index (κ1) is 25.2. The quantitative estimate of drug-likeness (QED) is 0.322. The van der Waals surface area contributed by atoms with Crippen LogP contribution in [0.25, 0.3) is 32.2 Å². The molecule has 1 saturated heterocycles. The maximum Gasteiger partial charge on any atom is 0.263 e. The van der Waals surface area contributed by atoms with E-state index in [0.29, 0.717) is 47.4 Å². The monoisotopic (exact) mass is 558 g/mol. The minimum absolute atomic E-state index is 0.173. The molecule has 0 radical (unpaired) electrons. The zero-order valence-electron chi connectivity index (χ0n) is 21.0. The van der Waals surface area contributed by atoms with Crippen molar-refractivity contribution in [3.63, 3.8) is 0 Å². The van der Waals surface area contributed by atoms with Crippen molar-refractivity contribution < 1.29 is 9.84 Å². The van der Waals surface area contributed by atoms with Crippen LogP contribution in [0.2, 0.25) is 5.02 Å². The Morgan fingerprint density at radius 3 is 2.90 bits per heavy atom. The van der Waals surface area contributed by atoms with Crippen LogP contribution >= 0.6 is 22.9 Å². The van der Waals surface area contributed by atoms with Gasteiger partial charge < -0.3 is 14.7 Å². The predicted molar refractivity (Wildman–Crippen MR) is 152 cm³/mol. The lowest BCUT2D eigenvalue weighted by Crippen LogP contribution is -2.29. The Morgan fingerprint density at radius 1 is 1.23 bits per heavy atom. The standard InChI is InChI=1S/C28H23ClN6O3S/c1-16-33-23-14-32-27(34-8-5-18(36)15-34)21(13-30)25(23)28(37)35(16)9-10-38-24-3-2-17(29)12-20(24)19-4-7-31-22-6-11-39-26(19)22/h2-4,6-7,11-12,14,18,36H,5,8-10,15H2,1H3. The molecule has 1 aromatic carbocycles. The van der Waals surface area contributed by atoms with E-state index >= 15 is 0 Å². The van der Waals surface area contributed by atoms with E-state index in [1.54, 1.807) is 30.5 Å². The highest BCUT2D eigenvalue weighted by Gasteiger charge is 2.26. The maximum atomic E-state index is 13.7. The topological polar surface area (TPSA) is 117 Å². The SMILES string of the molecule is Cc1nc2cnc(N3CCC(O)C3)c(C#N)c2c(=O)n1CCOc1ccc(Cl)cc1-c1ccnc2ccsc12. The van der Waals surface area contributed by atoms with Crippen molar-refractivity contribution >= 4 is 49.9 Å². The van der Waals surface area contributed by atoms with Crippen LogP contribution in [0, 0.1) is 18.3 Å². The van der Waals surface area contributed by atoms with Gasteiger partial charge in [-0.1, -0.05) is 11.6 Å². The molecular weight excluding hydrogens is 536 g/mol. The van der Waals surface area contributed by atoms with Crippen LogP contribution in [0.15, 0.2) is 52.9 Å². The molecule has 4 aromatic heterocycles. The van der Waals surface area contributed by atoms with E-state index < -0.39 is 6.10 Å². The van der Waals surface area contributed by atoms with E-state index in [1.807, 2.05) is 34.5 Å². The second-order valence-electron chi connectivity index (χ2n) is 9.32. The van der Waals surface area contributed by atoms with Crippen molar-refractivity contribution in [3.05, 3.63) is 74.9 Å². The van der Waals surface area contributed by atoms with Crippen LogP contribution < -0.4 is 15.2 Å². The maximum absolute atomic E-state index is 13.7. The summed E-state index contributed by atoms with van der Waals surface area (Å²) in [5.74, 6) is 1.53. The van der Waals surface area contributed by atoms with Gasteiger partial charge >= 0.3 is 0 Å². The molecule has 0 aliphatic carbocycles. The molecule has 1 unspecified atom stereocenters. The first-order chi connectivity index (χ1) is 18.9. The molecule has 1 atom stereocenters. The van der Waals surface area contributed by atoms with Gasteiger partial charge in [0.25, 0.3) is 5.56 Å². The lowest BCUT2D eigenvalue weighted by Gasteiger charge is -2.19. The lowest BCUT2D eigenvalue weighted by molar-refractivity contribution is 0.198. The minimum Gasteiger partial charge on any atom is -0.491 e. The zero-order chi connectivity index (χ0) is 27.1. The molecule has 0 bridgehead atoms. The zero-order valence-corrected chi connectivity index (χ0v) is 22.5. The average molecular weight is 559 g/mol. The van der Waals surface area contributed by atoms with Crippen LogP contribution in [0.5, 0.6) is 5.75 Å². The van der Waals surface area contributed by atoms with Gasteiger partial charge in [0.15, 0.2) is 0 Å². The van der Waals surface area contributed by atoms with Gasteiger partial charge in [-0.05, 0) is 49.1 Å². The minimum atomic E-state index is -0.486. The molecular formula is C28H23ClN6O3S. The van der Waals surface area contributed by atoms with Crippen LogP contribution in [-0.4, -0.2) is 50.4 Å². The highest BCUT2D eigenvalue weighted by molar-refractivity contribution is 7.17. The Balaban J connectivity index is 1.32. The van der Waals surface area contributed by atoms with Crippen LogP contribution in [0.1, 0.15) is 17.8 Å². The van der Waals surface area contributed by atoms with Crippen molar-refractivity contribution in [2.75, 3.05) is 24.6 Å². The summed E-state index contributed by atoms with van der Waals surface area (Å²) in [4.78, 5) is 28.9. The van der Waals surface area contributed by atoms with Gasteiger partial charge in [0, 0.05) is 35.4 Å². The van der Waals surface area contributed by atoms with Gasteiger partial charge in [-0.15, -0.1) is 11.3 Å². The van der Waals surface area contributed by atoms with E-state index in [9.17, 15) is 15.2 Å². The number of ether oxygens (including phenoxy) is 1. The first-order valence-corrected chi connectivity index (χ1v) is 13.7. The van der Waals surface area contributed by atoms with Crippen LogP contribution in [0.3, 0.4) is 0 Å². The lowest BCUT2D eigenvalue weighted by atomic mass is 10.1. The number of hydrogen-bond donors (Lipinski definition) is 1. The number of hydrogen-bond acceptors (Lipinski definition) is 9. The Bertz CT molecular complexity index is 1830. The molecule has 39 heavy (non-hydrogen) atoms. The van der Waals surface area contributed by atoms with Crippen molar-refractivity contribution in [2.24, 2.45) is 0 Å². The molecule has 0 saturated carbocycles. The number of aliphatic hydroxyl groups is 1. The number of aryl methyl sites for hydroxylation is 1. The summed E-state index contributed by atoms with van der Waals surface area (Å²) < 4.78 is 8.75. The van der Waals surface area contributed by atoms with Crippen LogP contribution in [-0.2, 0) is 6.54 Å². The fraction of sp³-hybridized carbons (Fsp3) is 0.250. The van der Waals surface area contributed by atoms with E-state index in [1.165, 1.54) is 10.8 Å². The number of nitriles is 1. The van der Waals surface area contributed by atoms with E-state index in [2.05, 4.69) is 21.0 Å². The summed E-state index contributed by atoms with van der Waals surface area (Å²) in [6, 6.07) is 11.5. The van der Waals surface area contributed by atoms with Crippen LogP contribution in [0.4, 0.5) is 5.82 Å². The molecule has 1 fully saturated rings. The Kier molecular flexibility index (Phi) is 6.64. The summed E-state index contributed by atoms with van der Waals surface area (Å²) in [7, 11) is 0. The third kappa shape index (κ3) is 4.59. The molecule has 9 nitrogen and oxygen atoms in total. The number of rotatable bonds is 6. The summed E-state index contributed by atoms with van der Waals surface area (Å²) in [5, 5.41) is 22.7. The summed E-state index contributed by atoms with van der Waals surface area (Å²) in [5.41, 5.74) is 2.93. The molecule has 6 rings (SSSR count). The largest absolute Gasteiger partial charge is 0.491 e. The number of benzene rings is 1. The molecule has 1 aliphatic rings. The molecule has 0 amide bonds. The van der Waals surface area contributed by atoms with E-state index in [4.69, 9.17) is 16.3 Å². The number of fused-ring (bicyclic) bond motifs is 2. The first-order valence-electron chi connectivity index (χ1n) is 12.4. The molecule has 5 heterocycles. The number of halogens is 1. The molecule has 196 valence electrons. The number of thiophene rings is 1. The number of aromatic nitrogens is 4. The van der Waals surface area contributed by atoms with Gasteiger partial charge in [0.2, 0.25) is 0 Å². The Labute approximate surface area is 232 Å². The van der Waals surface area contributed by atoms with Gasteiger partial charge in [-0.3, -0.25) is 14.3 Å². The molecule has 1 N–H and O–H groups in total. The third-order valence-corrected chi connectivity index (χ3v) is 8.07. The predicted octanol–water partition coefficient (Wildman–Crippen LogP) is 4.55. The van der Waals surface area contributed by atoms with Gasteiger partial charge in [0.1, 0.15) is 35.6 Å². The summed E-state index contributed by atoms with van der Waals surface area (Å²) >= 11 is 7.94. The highest BCUT2D eigenvalue weighted by atomic mass is 35.5.